The van der Waals surface area contributed by atoms with Crippen molar-refractivity contribution in [1.82, 2.24) is 4.90 Å². The fraction of sp³-hybridized carbons (Fsp3) is 0.333. The molecular formula is C33H36FNO. The first-order valence-electron chi connectivity index (χ1n) is 13.1. The molecule has 4 aromatic rings. The maximum Gasteiger partial charge on any atom is 0.139 e. The van der Waals surface area contributed by atoms with Crippen LogP contribution in [0.4, 0.5) is 4.39 Å². The van der Waals surface area contributed by atoms with Crippen LogP contribution in [-0.2, 0) is 6.42 Å². The van der Waals surface area contributed by atoms with Gasteiger partial charge in [0.2, 0.25) is 0 Å². The number of nitrogens with zero attached hydrogens (tertiary/aromatic N) is 1. The first kappa shape index (κ1) is 24.5. The van der Waals surface area contributed by atoms with E-state index in [0.29, 0.717) is 18.0 Å². The fourth-order valence-electron chi connectivity index (χ4n) is 6.48. The Morgan fingerprint density at radius 2 is 1.36 bits per heavy atom. The molecule has 0 unspecified atom stereocenters. The predicted molar refractivity (Wildman–Crippen MR) is 146 cm³/mol. The zero-order chi connectivity index (χ0) is 25.4. The van der Waals surface area contributed by atoms with Gasteiger partial charge in [-0.2, -0.15) is 0 Å². The van der Waals surface area contributed by atoms with Crippen molar-refractivity contribution in [2.24, 2.45) is 5.92 Å². The van der Waals surface area contributed by atoms with Crippen molar-refractivity contribution in [1.29, 1.82) is 0 Å². The Labute approximate surface area is 214 Å². The van der Waals surface area contributed by atoms with Crippen LogP contribution in [0.15, 0.2) is 89.3 Å². The Kier molecular flexibility index (Phi) is 6.85. The van der Waals surface area contributed by atoms with Gasteiger partial charge in [0.1, 0.15) is 17.3 Å². The quantitative estimate of drug-likeness (QED) is 0.263. The fourth-order valence-corrected chi connectivity index (χ4v) is 6.48. The van der Waals surface area contributed by atoms with Crippen molar-refractivity contribution in [3.8, 4) is 11.3 Å². The number of halogens is 1. The van der Waals surface area contributed by atoms with Gasteiger partial charge in [-0.3, -0.25) is 4.90 Å². The molecule has 0 radical (unpaired) electrons. The lowest BCUT2D eigenvalue weighted by molar-refractivity contribution is 0.0758. The lowest BCUT2D eigenvalue weighted by atomic mass is 9.80. The van der Waals surface area contributed by atoms with Crippen molar-refractivity contribution in [2.75, 3.05) is 0 Å². The first-order chi connectivity index (χ1) is 17.4. The summed E-state index contributed by atoms with van der Waals surface area (Å²) in [7, 11) is 0. The third-order valence-corrected chi connectivity index (χ3v) is 7.70. The third-order valence-electron chi connectivity index (χ3n) is 7.70. The van der Waals surface area contributed by atoms with E-state index in [1.165, 1.54) is 34.4 Å². The second kappa shape index (κ2) is 10.1. The Balaban J connectivity index is 1.77. The van der Waals surface area contributed by atoms with E-state index in [1.54, 1.807) is 0 Å². The van der Waals surface area contributed by atoms with Crippen molar-refractivity contribution < 1.29 is 8.81 Å². The zero-order valence-electron chi connectivity index (χ0n) is 21.9. The van der Waals surface area contributed by atoms with Crippen LogP contribution in [0, 0.1) is 18.7 Å². The number of aryl methyl sites for hydroxylation is 1. The highest BCUT2D eigenvalue weighted by molar-refractivity contribution is 5.68. The Bertz CT molecular complexity index is 1280. The molecule has 3 heteroatoms. The Hall–Kier alpha value is -3.17. The number of hydrogen-bond donors (Lipinski definition) is 0. The molecule has 186 valence electrons. The van der Waals surface area contributed by atoms with Crippen molar-refractivity contribution >= 4 is 0 Å². The van der Waals surface area contributed by atoms with Crippen LogP contribution in [0.25, 0.3) is 11.3 Å². The molecule has 0 saturated heterocycles. The van der Waals surface area contributed by atoms with E-state index in [4.69, 9.17) is 4.42 Å². The van der Waals surface area contributed by atoms with Gasteiger partial charge in [0.15, 0.2) is 0 Å². The molecule has 0 spiro atoms. The number of hydrogen-bond acceptors (Lipinski definition) is 2. The first-order valence-corrected chi connectivity index (χ1v) is 13.1. The van der Waals surface area contributed by atoms with Gasteiger partial charge in [-0.25, -0.2) is 4.39 Å². The highest BCUT2D eigenvalue weighted by atomic mass is 19.1. The summed E-state index contributed by atoms with van der Waals surface area (Å²) in [5.41, 5.74) is 6.19. The van der Waals surface area contributed by atoms with Gasteiger partial charge in [0, 0.05) is 40.7 Å². The molecule has 2 nitrogen and oxygen atoms in total. The lowest BCUT2D eigenvalue weighted by Gasteiger charge is -2.41. The molecule has 1 aromatic heterocycles. The maximum atomic E-state index is 13.8. The van der Waals surface area contributed by atoms with Gasteiger partial charge >= 0.3 is 0 Å². The summed E-state index contributed by atoms with van der Waals surface area (Å²) in [4.78, 5) is 2.65. The van der Waals surface area contributed by atoms with Crippen LogP contribution in [0.5, 0.6) is 0 Å². The molecule has 1 aliphatic rings. The highest BCUT2D eigenvalue weighted by Gasteiger charge is 2.49. The van der Waals surface area contributed by atoms with Crippen molar-refractivity contribution in [3.05, 3.63) is 119 Å². The largest absolute Gasteiger partial charge is 0.461 e. The van der Waals surface area contributed by atoms with E-state index in [-0.39, 0.29) is 17.8 Å². The second-order valence-corrected chi connectivity index (χ2v) is 10.6. The Morgan fingerprint density at radius 3 is 1.94 bits per heavy atom. The predicted octanol–water partition coefficient (Wildman–Crippen LogP) is 8.56. The van der Waals surface area contributed by atoms with Crippen LogP contribution in [-0.4, -0.2) is 17.0 Å². The summed E-state index contributed by atoms with van der Waals surface area (Å²) in [6.07, 6.45) is 0.970. The molecule has 0 N–H and O–H groups in total. The SMILES string of the molecule is Cc1oc(-c2ccc(F)cc2)c2c1[C@@H](c1ccccc1)[C@H](Cc1ccccc1)[C@H]2N(C(C)C)C(C)C. The minimum absolute atomic E-state index is 0.169. The van der Waals surface area contributed by atoms with E-state index in [2.05, 4.69) is 100 Å². The summed E-state index contributed by atoms with van der Waals surface area (Å²) < 4.78 is 20.4. The second-order valence-electron chi connectivity index (χ2n) is 10.6. The molecule has 1 aliphatic carbocycles. The van der Waals surface area contributed by atoms with Crippen molar-refractivity contribution in [3.63, 3.8) is 0 Å². The number of furan rings is 1. The number of fused-ring (bicyclic) bond motifs is 1. The lowest BCUT2D eigenvalue weighted by Crippen LogP contribution is -2.43. The molecule has 0 amide bonds. The van der Waals surface area contributed by atoms with Crippen LogP contribution < -0.4 is 0 Å². The zero-order valence-corrected chi connectivity index (χ0v) is 21.9. The van der Waals surface area contributed by atoms with Gasteiger partial charge < -0.3 is 4.42 Å². The monoisotopic (exact) mass is 481 g/mol. The van der Waals surface area contributed by atoms with Gasteiger partial charge in [-0.05, 0) is 82.3 Å². The minimum Gasteiger partial charge on any atom is -0.461 e. The van der Waals surface area contributed by atoms with E-state index in [1.807, 2.05) is 12.1 Å². The van der Waals surface area contributed by atoms with Gasteiger partial charge in [0.05, 0.1) is 0 Å². The molecule has 36 heavy (non-hydrogen) atoms. The summed E-state index contributed by atoms with van der Waals surface area (Å²) in [6.45, 7) is 11.3. The van der Waals surface area contributed by atoms with Crippen LogP contribution >= 0.6 is 0 Å². The molecule has 3 atom stereocenters. The molecule has 1 heterocycles. The average molecular weight is 482 g/mol. The van der Waals surface area contributed by atoms with Gasteiger partial charge in [-0.1, -0.05) is 60.7 Å². The molecule has 0 fully saturated rings. The summed E-state index contributed by atoms with van der Waals surface area (Å²) in [6, 6.07) is 29.4. The standard InChI is InChI=1S/C33H36FNO/c1-21(2)35(22(3)4)32-28(20-24-12-8-6-9-13-24)30(25-14-10-7-11-15-25)29-23(5)36-33(31(29)32)26-16-18-27(34)19-17-26/h6-19,21-22,28,30,32H,20H2,1-5H3/t28-,30-,32+/m0/s1. The third kappa shape index (κ3) is 4.41. The van der Waals surface area contributed by atoms with Crippen LogP contribution in [0.1, 0.15) is 67.7 Å². The summed E-state index contributed by atoms with van der Waals surface area (Å²) >= 11 is 0. The molecule has 0 aliphatic heterocycles. The Morgan fingerprint density at radius 1 is 0.778 bits per heavy atom. The van der Waals surface area contributed by atoms with E-state index in [0.717, 1.165) is 23.5 Å². The van der Waals surface area contributed by atoms with E-state index < -0.39 is 0 Å². The van der Waals surface area contributed by atoms with Gasteiger partial charge in [0.25, 0.3) is 0 Å². The summed E-state index contributed by atoms with van der Waals surface area (Å²) in [5.74, 6) is 2.16. The van der Waals surface area contributed by atoms with Crippen molar-refractivity contribution in [2.45, 2.75) is 65.1 Å². The molecule has 0 saturated carbocycles. The van der Waals surface area contributed by atoms with E-state index in [9.17, 15) is 4.39 Å². The molecule has 0 bridgehead atoms. The van der Waals surface area contributed by atoms with Crippen LogP contribution in [0.2, 0.25) is 0 Å². The molecule has 3 aromatic carbocycles. The minimum atomic E-state index is -0.231. The van der Waals surface area contributed by atoms with Gasteiger partial charge in [-0.15, -0.1) is 0 Å². The van der Waals surface area contributed by atoms with Crippen LogP contribution in [0.3, 0.4) is 0 Å². The number of rotatable bonds is 7. The normalized spacial score (nSPS) is 19.4. The maximum absolute atomic E-state index is 13.8. The molecular weight excluding hydrogens is 445 g/mol. The summed E-state index contributed by atoms with van der Waals surface area (Å²) in [5, 5.41) is 0. The highest BCUT2D eigenvalue weighted by Crippen LogP contribution is 2.58. The van der Waals surface area contributed by atoms with E-state index >= 15 is 0 Å². The molecule has 5 rings (SSSR count). The number of benzene rings is 3. The topological polar surface area (TPSA) is 16.4 Å². The smallest absolute Gasteiger partial charge is 0.139 e. The average Bonchev–Trinajstić information content (AvgIpc) is 3.36.